The number of hydrogen-bond donors (Lipinski definition) is 1. The molecule has 5 atom stereocenters. The molecule has 1 aliphatic heterocycles. The fourth-order valence-electron chi connectivity index (χ4n) is 4.63. The van der Waals surface area contributed by atoms with E-state index in [1.807, 2.05) is 0 Å². The second-order valence-corrected chi connectivity index (χ2v) is 7.28. The summed E-state index contributed by atoms with van der Waals surface area (Å²) in [7, 11) is 0. The minimum absolute atomic E-state index is 0.0899. The van der Waals surface area contributed by atoms with Crippen LogP contribution in [0.1, 0.15) is 32.8 Å². The van der Waals surface area contributed by atoms with Crippen molar-refractivity contribution in [2.75, 3.05) is 13.2 Å². The zero-order chi connectivity index (χ0) is 15.7. The van der Waals surface area contributed by atoms with E-state index in [0.717, 1.165) is 12.8 Å². The molecule has 0 unspecified atom stereocenters. The lowest BCUT2D eigenvalue weighted by Crippen LogP contribution is -2.56. The highest BCUT2D eigenvalue weighted by atomic mass is 16.5. The zero-order valence-electron chi connectivity index (χ0n) is 14.0. The van der Waals surface area contributed by atoms with Crippen LogP contribution in [-0.2, 0) is 11.2 Å². The highest BCUT2D eigenvalue weighted by Gasteiger charge is 2.52. The number of aryl methyl sites for hydroxylation is 1. The number of aliphatic hydroxyl groups is 1. The molecule has 3 rings (SSSR count). The van der Waals surface area contributed by atoms with E-state index in [4.69, 9.17) is 4.74 Å². The fourth-order valence-corrected chi connectivity index (χ4v) is 4.63. The van der Waals surface area contributed by atoms with E-state index < -0.39 is 0 Å². The average molecular weight is 300 g/mol. The molecule has 1 fully saturated rings. The molecule has 2 bridgehead atoms. The molecule has 120 valence electrons. The minimum Gasteiger partial charge on any atom is -0.396 e. The molecule has 0 radical (unpaired) electrons. The molecule has 1 heterocycles. The summed E-state index contributed by atoms with van der Waals surface area (Å²) in [5, 5.41) is 10.0. The van der Waals surface area contributed by atoms with Gasteiger partial charge in [-0.3, -0.25) is 0 Å². The van der Waals surface area contributed by atoms with Crippen molar-refractivity contribution in [3.63, 3.8) is 0 Å². The first-order chi connectivity index (χ1) is 10.6. The Balaban J connectivity index is 1.77. The molecular formula is C20H28O2. The van der Waals surface area contributed by atoms with Crippen LogP contribution in [0.5, 0.6) is 0 Å². The summed E-state index contributed by atoms with van der Waals surface area (Å²) >= 11 is 0. The van der Waals surface area contributed by atoms with Gasteiger partial charge in [-0.1, -0.05) is 55.8 Å². The first-order valence-corrected chi connectivity index (χ1v) is 8.53. The van der Waals surface area contributed by atoms with Crippen molar-refractivity contribution in [2.45, 2.75) is 39.7 Å². The molecule has 2 heteroatoms. The third-order valence-electron chi connectivity index (χ3n) is 6.21. The highest BCUT2D eigenvalue weighted by Crippen LogP contribution is 2.52. The summed E-state index contributed by atoms with van der Waals surface area (Å²) < 4.78 is 6.27. The molecule has 0 saturated carbocycles. The Morgan fingerprint density at radius 1 is 1.23 bits per heavy atom. The lowest BCUT2D eigenvalue weighted by Gasteiger charge is -2.55. The SMILES string of the molecule is CC1=C[C@@H](C)[C@@]2(CO)CO[C@H](CCc3ccccc3)[C@@H]1[C@H]2C. The standard InChI is InChI=1S/C20H28O2/c1-14-11-15(2)20(12-21)13-22-18(19(14)16(20)3)10-9-17-7-5-4-6-8-17/h4-8,11,15-16,18-19,21H,9-10,12-13H2,1-3H3/t15-,16-,18-,19+,20-/m1/s1. The number of hydrogen-bond acceptors (Lipinski definition) is 2. The lowest BCUT2D eigenvalue weighted by molar-refractivity contribution is -0.164. The molecule has 0 aromatic heterocycles. The molecule has 2 aliphatic rings. The van der Waals surface area contributed by atoms with Gasteiger partial charge in [-0.2, -0.15) is 0 Å². The third-order valence-corrected chi connectivity index (χ3v) is 6.21. The molecule has 1 aliphatic carbocycles. The second kappa shape index (κ2) is 6.17. The predicted octanol–water partition coefficient (Wildman–Crippen LogP) is 3.85. The van der Waals surface area contributed by atoms with Gasteiger partial charge in [-0.25, -0.2) is 0 Å². The Hall–Kier alpha value is -1.12. The summed E-state index contributed by atoms with van der Waals surface area (Å²) in [6.45, 7) is 7.68. The van der Waals surface area contributed by atoms with Crippen LogP contribution in [0.3, 0.4) is 0 Å². The molecule has 2 nitrogen and oxygen atoms in total. The van der Waals surface area contributed by atoms with E-state index in [1.54, 1.807) is 0 Å². The summed E-state index contributed by atoms with van der Waals surface area (Å²) in [6, 6.07) is 10.6. The van der Waals surface area contributed by atoms with Crippen LogP contribution in [0.15, 0.2) is 42.0 Å². The van der Waals surface area contributed by atoms with Crippen LogP contribution >= 0.6 is 0 Å². The number of fused-ring (bicyclic) bond motifs is 2. The molecular weight excluding hydrogens is 272 g/mol. The van der Waals surface area contributed by atoms with Crippen molar-refractivity contribution in [3.05, 3.63) is 47.5 Å². The van der Waals surface area contributed by atoms with Crippen LogP contribution in [-0.4, -0.2) is 24.4 Å². The van der Waals surface area contributed by atoms with Gasteiger partial charge >= 0.3 is 0 Å². The van der Waals surface area contributed by atoms with Crippen molar-refractivity contribution in [1.29, 1.82) is 0 Å². The first kappa shape index (κ1) is 15.8. The molecule has 1 saturated heterocycles. The highest BCUT2D eigenvalue weighted by molar-refractivity contribution is 5.21. The van der Waals surface area contributed by atoms with Gasteiger partial charge in [0, 0.05) is 11.3 Å². The topological polar surface area (TPSA) is 29.5 Å². The van der Waals surface area contributed by atoms with Gasteiger partial charge in [0.25, 0.3) is 0 Å². The van der Waals surface area contributed by atoms with Crippen molar-refractivity contribution in [2.24, 2.45) is 23.2 Å². The van der Waals surface area contributed by atoms with Gasteiger partial charge in [-0.05, 0) is 37.2 Å². The second-order valence-electron chi connectivity index (χ2n) is 7.28. The molecule has 1 N–H and O–H groups in total. The normalized spacial score (nSPS) is 37.7. The van der Waals surface area contributed by atoms with Gasteiger partial charge in [0.05, 0.1) is 19.3 Å². The average Bonchev–Trinajstić information content (AvgIpc) is 2.52. The van der Waals surface area contributed by atoms with Crippen LogP contribution in [0.25, 0.3) is 0 Å². The monoisotopic (exact) mass is 300 g/mol. The fraction of sp³-hybridized carbons (Fsp3) is 0.600. The maximum Gasteiger partial charge on any atom is 0.0646 e. The van der Waals surface area contributed by atoms with E-state index in [9.17, 15) is 5.11 Å². The summed E-state index contributed by atoms with van der Waals surface area (Å²) in [4.78, 5) is 0. The van der Waals surface area contributed by atoms with Crippen molar-refractivity contribution in [1.82, 2.24) is 0 Å². The number of benzene rings is 1. The van der Waals surface area contributed by atoms with E-state index in [-0.39, 0.29) is 18.1 Å². The van der Waals surface area contributed by atoms with Crippen molar-refractivity contribution >= 4 is 0 Å². The summed E-state index contributed by atoms with van der Waals surface area (Å²) in [5.41, 5.74) is 2.73. The van der Waals surface area contributed by atoms with Gasteiger partial charge < -0.3 is 9.84 Å². The number of aliphatic hydroxyl groups excluding tert-OH is 1. The maximum atomic E-state index is 10.0. The number of rotatable bonds is 4. The smallest absolute Gasteiger partial charge is 0.0646 e. The van der Waals surface area contributed by atoms with Crippen LogP contribution in [0.4, 0.5) is 0 Å². The largest absolute Gasteiger partial charge is 0.396 e. The number of ether oxygens (including phenoxy) is 1. The predicted molar refractivity (Wildman–Crippen MR) is 89.6 cm³/mol. The molecule has 0 spiro atoms. The van der Waals surface area contributed by atoms with Crippen molar-refractivity contribution < 1.29 is 9.84 Å². The minimum atomic E-state index is -0.0899. The number of allylic oxidation sites excluding steroid dienone is 1. The van der Waals surface area contributed by atoms with Gasteiger partial charge in [0.1, 0.15) is 0 Å². The molecule has 1 aromatic rings. The van der Waals surface area contributed by atoms with Crippen molar-refractivity contribution in [3.8, 4) is 0 Å². The molecule has 1 aromatic carbocycles. The zero-order valence-corrected chi connectivity index (χ0v) is 14.0. The quantitative estimate of drug-likeness (QED) is 0.856. The Labute approximate surface area is 134 Å². The van der Waals surface area contributed by atoms with Crippen LogP contribution < -0.4 is 0 Å². The molecule has 22 heavy (non-hydrogen) atoms. The van der Waals surface area contributed by atoms with Crippen LogP contribution in [0.2, 0.25) is 0 Å². The Kier molecular flexibility index (Phi) is 4.42. The third kappa shape index (κ3) is 2.53. The Morgan fingerprint density at radius 2 is 1.95 bits per heavy atom. The van der Waals surface area contributed by atoms with Gasteiger partial charge in [0.2, 0.25) is 0 Å². The van der Waals surface area contributed by atoms with Gasteiger partial charge in [-0.15, -0.1) is 0 Å². The van der Waals surface area contributed by atoms with Crippen LogP contribution in [0, 0.1) is 23.2 Å². The lowest BCUT2D eigenvalue weighted by atomic mass is 9.56. The summed E-state index contributed by atoms with van der Waals surface area (Å²) in [5.74, 6) is 1.31. The maximum absolute atomic E-state index is 10.0. The Morgan fingerprint density at radius 3 is 2.64 bits per heavy atom. The van der Waals surface area contributed by atoms with E-state index in [1.165, 1.54) is 11.1 Å². The van der Waals surface area contributed by atoms with E-state index in [0.29, 0.717) is 24.4 Å². The Bertz CT molecular complexity index is 536. The first-order valence-electron chi connectivity index (χ1n) is 8.53. The summed E-state index contributed by atoms with van der Waals surface area (Å²) in [6.07, 6.45) is 4.77. The van der Waals surface area contributed by atoms with E-state index >= 15 is 0 Å². The van der Waals surface area contributed by atoms with E-state index in [2.05, 4.69) is 57.2 Å². The van der Waals surface area contributed by atoms with Gasteiger partial charge in [0.15, 0.2) is 0 Å². The molecule has 0 amide bonds.